The van der Waals surface area contributed by atoms with Crippen molar-refractivity contribution in [3.8, 4) is 5.75 Å². The summed E-state index contributed by atoms with van der Waals surface area (Å²) in [7, 11) is 0. The van der Waals surface area contributed by atoms with Crippen LogP contribution in [-0.2, 0) is 11.3 Å². The van der Waals surface area contributed by atoms with Crippen molar-refractivity contribution in [1.29, 1.82) is 0 Å². The Labute approximate surface area is 109 Å². The lowest BCUT2D eigenvalue weighted by atomic mass is 10.2. The van der Waals surface area contributed by atoms with Crippen molar-refractivity contribution < 1.29 is 9.53 Å². The Bertz CT molecular complexity index is 391. The molecule has 0 bridgehead atoms. The molecule has 0 fully saturated rings. The molecule has 0 saturated carbocycles. The third-order valence-electron chi connectivity index (χ3n) is 2.58. The number of nitrogens with one attached hydrogen (secondary N) is 1. The van der Waals surface area contributed by atoms with Gasteiger partial charge in [0, 0.05) is 12.6 Å². The van der Waals surface area contributed by atoms with Crippen LogP contribution in [0, 0.1) is 0 Å². The average molecular weight is 250 g/mol. The van der Waals surface area contributed by atoms with Crippen LogP contribution in [-0.4, -0.2) is 18.1 Å². The normalized spacial score (nSPS) is 12.4. The molecular formula is C14H22N2O2. The maximum atomic E-state index is 11.1. The SMILES string of the molecule is CCC(Oc1cccc(CNC(C)C)c1)C(N)=O. The fraction of sp³-hybridized carbons (Fsp3) is 0.500. The molecule has 4 nitrogen and oxygen atoms in total. The van der Waals surface area contributed by atoms with Crippen molar-refractivity contribution in [2.75, 3.05) is 0 Å². The van der Waals surface area contributed by atoms with E-state index in [2.05, 4.69) is 19.2 Å². The molecule has 1 aromatic rings. The van der Waals surface area contributed by atoms with Crippen LogP contribution < -0.4 is 15.8 Å². The number of primary amides is 1. The van der Waals surface area contributed by atoms with Gasteiger partial charge in [0.25, 0.3) is 5.91 Å². The van der Waals surface area contributed by atoms with Gasteiger partial charge in [0.05, 0.1) is 0 Å². The lowest BCUT2D eigenvalue weighted by Crippen LogP contribution is -2.33. The molecule has 1 amide bonds. The fourth-order valence-corrected chi connectivity index (χ4v) is 1.56. The van der Waals surface area contributed by atoms with Crippen LogP contribution in [0.1, 0.15) is 32.8 Å². The van der Waals surface area contributed by atoms with E-state index in [-0.39, 0.29) is 0 Å². The Balaban J connectivity index is 2.66. The van der Waals surface area contributed by atoms with Gasteiger partial charge in [-0.2, -0.15) is 0 Å². The molecule has 0 heterocycles. The zero-order valence-electron chi connectivity index (χ0n) is 11.3. The zero-order valence-corrected chi connectivity index (χ0v) is 11.3. The summed E-state index contributed by atoms with van der Waals surface area (Å²) in [5.74, 6) is 0.256. The second kappa shape index (κ2) is 7.01. The summed E-state index contributed by atoms with van der Waals surface area (Å²) in [6.45, 7) is 6.85. The summed E-state index contributed by atoms with van der Waals surface area (Å²) in [6, 6.07) is 8.14. The number of rotatable bonds is 7. The first kappa shape index (κ1) is 14.5. The van der Waals surface area contributed by atoms with Crippen LogP contribution in [0.4, 0.5) is 0 Å². The van der Waals surface area contributed by atoms with E-state index in [4.69, 9.17) is 10.5 Å². The Morgan fingerprint density at radius 2 is 2.17 bits per heavy atom. The quantitative estimate of drug-likeness (QED) is 0.776. The maximum Gasteiger partial charge on any atom is 0.258 e. The molecule has 0 aliphatic carbocycles. The number of hydrogen-bond acceptors (Lipinski definition) is 3. The molecule has 1 aromatic carbocycles. The molecule has 1 rings (SSSR count). The van der Waals surface area contributed by atoms with E-state index in [1.807, 2.05) is 31.2 Å². The lowest BCUT2D eigenvalue weighted by molar-refractivity contribution is -0.124. The first-order valence-electron chi connectivity index (χ1n) is 6.31. The van der Waals surface area contributed by atoms with Crippen LogP contribution >= 0.6 is 0 Å². The van der Waals surface area contributed by atoms with Gasteiger partial charge in [-0.05, 0) is 24.1 Å². The molecule has 100 valence electrons. The van der Waals surface area contributed by atoms with Gasteiger partial charge in [0.15, 0.2) is 6.10 Å². The van der Waals surface area contributed by atoms with Crippen molar-refractivity contribution in [2.24, 2.45) is 5.73 Å². The zero-order chi connectivity index (χ0) is 13.5. The molecule has 0 radical (unpaired) electrons. The van der Waals surface area contributed by atoms with E-state index >= 15 is 0 Å². The summed E-state index contributed by atoms with van der Waals surface area (Å²) in [5, 5.41) is 3.33. The molecule has 0 saturated heterocycles. The molecule has 0 aliphatic heterocycles. The van der Waals surface area contributed by atoms with Gasteiger partial charge in [-0.1, -0.05) is 32.9 Å². The average Bonchev–Trinajstić information content (AvgIpc) is 2.33. The standard InChI is InChI=1S/C14H22N2O2/c1-4-13(14(15)17)18-12-7-5-6-11(8-12)9-16-10(2)3/h5-8,10,13,16H,4,9H2,1-3H3,(H2,15,17). The predicted octanol–water partition coefficient (Wildman–Crippen LogP) is 1.83. The number of amides is 1. The number of hydrogen-bond donors (Lipinski definition) is 2. The van der Waals surface area contributed by atoms with Crippen LogP contribution in [0.3, 0.4) is 0 Å². The van der Waals surface area contributed by atoms with Gasteiger partial charge < -0.3 is 15.8 Å². The molecule has 0 aromatic heterocycles. The molecule has 0 aliphatic rings. The smallest absolute Gasteiger partial charge is 0.258 e. The van der Waals surface area contributed by atoms with Crippen molar-refractivity contribution in [3.05, 3.63) is 29.8 Å². The third-order valence-corrected chi connectivity index (χ3v) is 2.58. The summed E-state index contributed by atoms with van der Waals surface area (Å²) in [5.41, 5.74) is 6.38. The highest BCUT2D eigenvalue weighted by Gasteiger charge is 2.14. The van der Waals surface area contributed by atoms with Crippen LogP contribution in [0.5, 0.6) is 5.75 Å². The van der Waals surface area contributed by atoms with Crippen LogP contribution in [0.2, 0.25) is 0 Å². The van der Waals surface area contributed by atoms with Gasteiger partial charge in [-0.15, -0.1) is 0 Å². The summed E-state index contributed by atoms with van der Waals surface area (Å²) < 4.78 is 5.57. The molecule has 3 N–H and O–H groups in total. The molecule has 1 unspecified atom stereocenters. The number of nitrogens with two attached hydrogens (primary N) is 1. The minimum Gasteiger partial charge on any atom is -0.481 e. The number of carbonyl (C=O) groups is 1. The fourth-order valence-electron chi connectivity index (χ4n) is 1.56. The summed E-state index contributed by atoms with van der Waals surface area (Å²) in [4.78, 5) is 11.1. The van der Waals surface area contributed by atoms with Gasteiger partial charge in [-0.25, -0.2) is 0 Å². The van der Waals surface area contributed by atoms with Crippen molar-refractivity contribution >= 4 is 5.91 Å². The summed E-state index contributed by atoms with van der Waals surface area (Å²) in [6.07, 6.45) is 0.0161. The Hall–Kier alpha value is -1.55. The number of benzene rings is 1. The van der Waals surface area contributed by atoms with Gasteiger partial charge >= 0.3 is 0 Å². The second-order valence-electron chi connectivity index (χ2n) is 4.60. The van der Waals surface area contributed by atoms with Crippen molar-refractivity contribution in [1.82, 2.24) is 5.32 Å². The largest absolute Gasteiger partial charge is 0.481 e. The molecule has 18 heavy (non-hydrogen) atoms. The highest BCUT2D eigenvalue weighted by atomic mass is 16.5. The van der Waals surface area contributed by atoms with Crippen LogP contribution in [0.15, 0.2) is 24.3 Å². The number of ether oxygens (including phenoxy) is 1. The topological polar surface area (TPSA) is 64.3 Å². The van der Waals surface area contributed by atoms with Crippen molar-refractivity contribution in [3.63, 3.8) is 0 Å². The van der Waals surface area contributed by atoms with E-state index in [1.165, 1.54) is 0 Å². The van der Waals surface area contributed by atoms with Gasteiger partial charge in [-0.3, -0.25) is 4.79 Å². The van der Waals surface area contributed by atoms with Gasteiger partial charge in [0.1, 0.15) is 5.75 Å². The highest BCUT2D eigenvalue weighted by molar-refractivity contribution is 5.79. The Morgan fingerprint density at radius 3 is 2.72 bits per heavy atom. The first-order valence-corrected chi connectivity index (χ1v) is 6.31. The van der Waals surface area contributed by atoms with Gasteiger partial charge in [0.2, 0.25) is 0 Å². The number of carbonyl (C=O) groups excluding carboxylic acids is 1. The van der Waals surface area contributed by atoms with E-state index in [0.29, 0.717) is 18.2 Å². The molecule has 4 heteroatoms. The predicted molar refractivity (Wildman–Crippen MR) is 72.3 cm³/mol. The van der Waals surface area contributed by atoms with Crippen LogP contribution in [0.25, 0.3) is 0 Å². The van der Waals surface area contributed by atoms with Crippen molar-refractivity contribution in [2.45, 2.75) is 45.9 Å². The highest BCUT2D eigenvalue weighted by Crippen LogP contribution is 2.16. The Morgan fingerprint density at radius 1 is 1.44 bits per heavy atom. The molecule has 1 atom stereocenters. The molecular weight excluding hydrogens is 228 g/mol. The second-order valence-corrected chi connectivity index (χ2v) is 4.60. The minimum atomic E-state index is -0.557. The van der Waals surface area contributed by atoms with E-state index in [9.17, 15) is 4.79 Å². The van der Waals surface area contributed by atoms with E-state index in [1.54, 1.807) is 0 Å². The lowest BCUT2D eigenvalue weighted by Gasteiger charge is -2.15. The third kappa shape index (κ3) is 4.75. The van der Waals surface area contributed by atoms with E-state index in [0.717, 1.165) is 12.1 Å². The minimum absolute atomic E-state index is 0.428. The summed E-state index contributed by atoms with van der Waals surface area (Å²) >= 11 is 0. The first-order chi connectivity index (χ1) is 8.52. The maximum absolute atomic E-state index is 11.1. The van der Waals surface area contributed by atoms with E-state index < -0.39 is 12.0 Å². The Kier molecular flexibility index (Phi) is 5.65. The molecule has 0 spiro atoms. The monoisotopic (exact) mass is 250 g/mol.